The van der Waals surface area contributed by atoms with Gasteiger partial charge in [-0.2, -0.15) is 18.3 Å². The molecule has 0 saturated carbocycles. The molecule has 0 aromatic carbocycles. The first kappa shape index (κ1) is 19.9. The summed E-state index contributed by atoms with van der Waals surface area (Å²) in [5.74, 6) is 0.122. The lowest BCUT2D eigenvalue weighted by molar-refractivity contribution is -0.145. The van der Waals surface area contributed by atoms with E-state index < -0.39 is 34.6 Å². The fraction of sp³-hybridized carbons (Fsp3) is 0.529. The van der Waals surface area contributed by atoms with Crippen LogP contribution in [0.3, 0.4) is 0 Å². The van der Waals surface area contributed by atoms with Crippen molar-refractivity contribution in [3.63, 3.8) is 0 Å². The molecule has 2 aromatic rings. The first-order valence-corrected chi connectivity index (χ1v) is 9.40. The highest BCUT2D eigenvalue weighted by Crippen LogP contribution is 2.35. The summed E-state index contributed by atoms with van der Waals surface area (Å²) in [7, 11) is 0. The van der Waals surface area contributed by atoms with Gasteiger partial charge in [-0.3, -0.25) is 14.3 Å². The number of carbonyl (C=O) groups is 1. The van der Waals surface area contributed by atoms with Gasteiger partial charge in [0.25, 0.3) is 0 Å². The number of fused-ring (bicyclic) bond motifs is 1. The first-order chi connectivity index (χ1) is 13.7. The second-order valence-electron chi connectivity index (χ2n) is 7.15. The highest BCUT2D eigenvalue weighted by atomic mass is 35.5. The van der Waals surface area contributed by atoms with Crippen molar-refractivity contribution in [2.45, 2.75) is 44.1 Å². The van der Waals surface area contributed by atoms with Crippen LogP contribution >= 0.6 is 11.6 Å². The third-order valence-corrected chi connectivity index (χ3v) is 5.58. The van der Waals surface area contributed by atoms with Gasteiger partial charge in [0, 0.05) is 25.7 Å². The summed E-state index contributed by atoms with van der Waals surface area (Å²) in [5.41, 5.74) is -1.77. The van der Waals surface area contributed by atoms with Gasteiger partial charge < -0.3 is 10.0 Å². The molecule has 8 nitrogen and oxygen atoms in total. The molecule has 1 N–H and O–H groups in total. The number of β-amino-alcohol motifs (C(OH)–C–C–N with tert-alkyl or cyclic N) is 1. The van der Waals surface area contributed by atoms with Gasteiger partial charge in [0.1, 0.15) is 11.9 Å². The van der Waals surface area contributed by atoms with E-state index in [9.17, 15) is 27.9 Å². The highest BCUT2D eigenvalue weighted by molar-refractivity contribution is 6.32. The Morgan fingerprint density at radius 2 is 2.07 bits per heavy atom. The monoisotopic (exact) mass is 431 g/mol. The Morgan fingerprint density at radius 1 is 1.34 bits per heavy atom. The number of hydrogen-bond acceptors (Lipinski definition) is 5. The van der Waals surface area contributed by atoms with Crippen LogP contribution in [0.25, 0.3) is 0 Å². The number of aryl methyl sites for hydroxylation is 1. The van der Waals surface area contributed by atoms with Crippen LogP contribution in [0.5, 0.6) is 0 Å². The van der Waals surface area contributed by atoms with Crippen molar-refractivity contribution in [3.05, 3.63) is 44.9 Å². The minimum absolute atomic E-state index is 0.132. The number of alkyl halides is 3. The van der Waals surface area contributed by atoms with Gasteiger partial charge in [0.15, 0.2) is 0 Å². The number of carbonyl (C=O) groups excluding carboxylic acids is 1. The lowest BCUT2D eigenvalue weighted by Gasteiger charge is -2.39. The van der Waals surface area contributed by atoms with Crippen LogP contribution in [0.1, 0.15) is 36.0 Å². The number of aliphatic hydroxyl groups is 1. The van der Waals surface area contributed by atoms with Crippen molar-refractivity contribution in [2.75, 3.05) is 13.1 Å². The molecule has 1 saturated heterocycles. The normalized spacial score (nSPS) is 19.8. The van der Waals surface area contributed by atoms with Crippen LogP contribution in [-0.2, 0) is 23.9 Å². The molecule has 1 amide bonds. The van der Waals surface area contributed by atoms with Gasteiger partial charge in [-0.15, -0.1) is 0 Å². The van der Waals surface area contributed by atoms with E-state index in [0.717, 1.165) is 16.9 Å². The Kier molecular flexibility index (Phi) is 4.89. The quantitative estimate of drug-likeness (QED) is 0.789. The average Bonchev–Trinajstić information content (AvgIpc) is 2.95. The molecule has 2 aliphatic rings. The molecule has 2 aromatic heterocycles. The molecule has 1 atom stereocenters. The van der Waals surface area contributed by atoms with Crippen LogP contribution in [0, 0.1) is 0 Å². The summed E-state index contributed by atoms with van der Waals surface area (Å²) in [6, 6.07) is 0.0284. The smallest absolute Gasteiger partial charge is 0.389 e. The van der Waals surface area contributed by atoms with Gasteiger partial charge in [-0.25, -0.2) is 9.48 Å². The van der Waals surface area contributed by atoms with E-state index in [1.165, 1.54) is 9.47 Å². The molecule has 156 valence electrons. The molecule has 29 heavy (non-hydrogen) atoms. The lowest BCUT2D eigenvalue weighted by Crippen LogP contribution is -2.56. The summed E-state index contributed by atoms with van der Waals surface area (Å²) in [4.78, 5) is 30.9. The Bertz CT molecular complexity index is 1010. The van der Waals surface area contributed by atoms with Crippen molar-refractivity contribution in [3.8, 4) is 0 Å². The molecule has 0 aliphatic carbocycles. The minimum Gasteiger partial charge on any atom is -0.389 e. The number of halogens is 4. The molecular weight excluding hydrogens is 415 g/mol. The fourth-order valence-electron chi connectivity index (χ4n) is 3.67. The minimum atomic E-state index is -4.65. The molecule has 0 spiro atoms. The van der Waals surface area contributed by atoms with E-state index in [-0.39, 0.29) is 31.2 Å². The highest BCUT2D eigenvalue weighted by Gasteiger charge is 2.38. The van der Waals surface area contributed by atoms with Crippen molar-refractivity contribution in [1.82, 2.24) is 24.2 Å². The topological polar surface area (TPSA) is 93.2 Å². The largest absolute Gasteiger partial charge is 0.417 e. The number of rotatable bonds is 3. The molecule has 0 radical (unpaired) electrons. The molecule has 1 unspecified atom stereocenters. The van der Waals surface area contributed by atoms with Crippen LogP contribution in [-0.4, -0.2) is 54.4 Å². The zero-order valence-electron chi connectivity index (χ0n) is 15.1. The maximum Gasteiger partial charge on any atom is 0.417 e. The fourth-order valence-corrected chi connectivity index (χ4v) is 3.95. The predicted molar refractivity (Wildman–Crippen MR) is 94.4 cm³/mol. The third kappa shape index (κ3) is 3.52. The maximum atomic E-state index is 13.1. The number of hydrogen-bond donors (Lipinski definition) is 1. The molecule has 0 bridgehead atoms. The van der Waals surface area contributed by atoms with Crippen LogP contribution in [0.15, 0.2) is 17.1 Å². The first-order valence-electron chi connectivity index (χ1n) is 9.02. The molecular formula is C17H17ClF3N5O3. The summed E-state index contributed by atoms with van der Waals surface area (Å²) >= 11 is 5.87. The van der Waals surface area contributed by atoms with Gasteiger partial charge >= 0.3 is 11.9 Å². The zero-order valence-corrected chi connectivity index (χ0v) is 15.8. The second-order valence-corrected chi connectivity index (χ2v) is 7.53. The van der Waals surface area contributed by atoms with Gasteiger partial charge in [0.05, 0.1) is 28.9 Å². The van der Waals surface area contributed by atoms with Crippen molar-refractivity contribution >= 4 is 17.5 Å². The molecule has 2 aliphatic heterocycles. The van der Waals surface area contributed by atoms with Crippen LogP contribution in [0.2, 0.25) is 5.02 Å². The molecule has 1 fully saturated rings. The average molecular weight is 432 g/mol. The Balaban J connectivity index is 1.65. The number of amides is 1. The number of likely N-dealkylation sites (tertiary alicyclic amines) is 1. The summed E-state index contributed by atoms with van der Waals surface area (Å²) < 4.78 is 41.4. The third-order valence-electron chi connectivity index (χ3n) is 5.16. The van der Waals surface area contributed by atoms with E-state index in [0.29, 0.717) is 25.1 Å². The SMILES string of the molecule is O=C(C1CCCc2nn(Cc3nccc(C(F)(F)F)c3Cl)c(=O)n21)N1CC(O)C1. The van der Waals surface area contributed by atoms with Crippen LogP contribution in [0.4, 0.5) is 13.2 Å². The van der Waals surface area contributed by atoms with Crippen molar-refractivity contribution < 1.29 is 23.1 Å². The van der Waals surface area contributed by atoms with E-state index in [2.05, 4.69) is 10.1 Å². The number of pyridine rings is 1. The number of aliphatic hydroxyl groups excluding tert-OH is 1. The van der Waals surface area contributed by atoms with E-state index in [4.69, 9.17) is 11.6 Å². The van der Waals surface area contributed by atoms with Gasteiger partial charge in [-0.05, 0) is 18.9 Å². The summed E-state index contributed by atoms with van der Waals surface area (Å²) in [6.45, 7) is 0.0968. The number of nitrogens with zero attached hydrogens (tertiary/aromatic N) is 5. The maximum absolute atomic E-state index is 13.1. The van der Waals surface area contributed by atoms with Gasteiger partial charge in [-0.1, -0.05) is 11.6 Å². The number of aromatic nitrogens is 4. The molecule has 4 rings (SSSR count). The Labute approximate surface area is 167 Å². The second kappa shape index (κ2) is 7.13. The summed E-state index contributed by atoms with van der Waals surface area (Å²) in [5, 5.41) is 13.0. The Morgan fingerprint density at radius 3 is 2.72 bits per heavy atom. The van der Waals surface area contributed by atoms with E-state index in [1.54, 1.807) is 0 Å². The van der Waals surface area contributed by atoms with E-state index >= 15 is 0 Å². The summed E-state index contributed by atoms with van der Waals surface area (Å²) in [6.07, 6.45) is -2.66. The van der Waals surface area contributed by atoms with Gasteiger partial charge in [0.2, 0.25) is 5.91 Å². The Hall–Kier alpha value is -2.40. The standard InChI is InChI=1S/C17H17ClF3N5O3/c18-14-10(17(19,20)21)4-5-22-11(14)8-25-16(29)26-12(2-1-3-13(26)23-25)15(28)24-6-9(27)7-24/h4-5,9,12,27H,1-3,6-8H2. The predicted octanol–water partition coefficient (Wildman–Crippen LogP) is 1.24. The zero-order chi connectivity index (χ0) is 20.9. The molecule has 12 heteroatoms. The van der Waals surface area contributed by atoms with Crippen LogP contribution < -0.4 is 5.69 Å². The van der Waals surface area contributed by atoms with Crippen molar-refractivity contribution in [2.24, 2.45) is 0 Å². The van der Waals surface area contributed by atoms with Crippen molar-refractivity contribution in [1.29, 1.82) is 0 Å². The lowest BCUT2D eigenvalue weighted by atomic mass is 10.0. The van der Waals surface area contributed by atoms with E-state index in [1.807, 2.05) is 0 Å². The molecule has 4 heterocycles.